The van der Waals surface area contributed by atoms with E-state index in [1.54, 1.807) is 11.8 Å². The summed E-state index contributed by atoms with van der Waals surface area (Å²) in [6.45, 7) is 2.20. The van der Waals surface area contributed by atoms with Gasteiger partial charge in [0.05, 0.1) is 11.1 Å². The largest absolute Gasteiger partial charge is 0.376 e. The molecule has 1 aliphatic rings. The van der Waals surface area contributed by atoms with Gasteiger partial charge in [0.2, 0.25) is 0 Å². The van der Waals surface area contributed by atoms with Gasteiger partial charge in [-0.15, -0.1) is 0 Å². The summed E-state index contributed by atoms with van der Waals surface area (Å²) in [5.41, 5.74) is 1.15. The first kappa shape index (κ1) is 7.95. The summed E-state index contributed by atoms with van der Waals surface area (Å²) in [4.78, 5) is 3.25. The first-order chi connectivity index (χ1) is 5.83. The Hall–Kier alpha value is -0.670. The summed E-state index contributed by atoms with van der Waals surface area (Å²) in [6.07, 6.45) is 0. The predicted molar refractivity (Wildman–Crippen MR) is 51.3 cm³/mol. The Balaban J connectivity index is 2.40. The molecule has 2 nitrogen and oxygen atoms in total. The zero-order chi connectivity index (χ0) is 8.55. The average Bonchev–Trinajstić information content (AvgIpc) is 2.40. The van der Waals surface area contributed by atoms with Crippen molar-refractivity contribution in [3.8, 4) is 0 Å². The molecular weight excluding hydrogens is 170 g/mol. The minimum absolute atomic E-state index is 0.102. The molecule has 1 unspecified atom stereocenters. The van der Waals surface area contributed by atoms with Crippen molar-refractivity contribution in [1.82, 2.24) is 0 Å². The van der Waals surface area contributed by atoms with Gasteiger partial charge >= 0.3 is 0 Å². The lowest BCUT2D eigenvalue weighted by Gasteiger charge is -2.19. The molecule has 0 radical (unpaired) electrons. The van der Waals surface area contributed by atoms with Crippen LogP contribution in [0.4, 0.5) is 5.69 Å². The van der Waals surface area contributed by atoms with Crippen LogP contribution in [0.3, 0.4) is 0 Å². The zero-order valence-electron chi connectivity index (χ0n) is 6.90. The average molecular weight is 181 g/mol. The molecule has 0 spiro atoms. The summed E-state index contributed by atoms with van der Waals surface area (Å²) in [5.74, 6) is 0. The van der Waals surface area contributed by atoms with E-state index in [1.165, 1.54) is 4.90 Å². The van der Waals surface area contributed by atoms with E-state index in [9.17, 15) is 0 Å². The van der Waals surface area contributed by atoms with Crippen LogP contribution in [0.5, 0.6) is 0 Å². The van der Waals surface area contributed by atoms with Crippen LogP contribution in [0, 0.1) is 0 Å². The third-order valence-electron chi connectivity index (χ3n) is 2.06. The van der Waals surface area contributed by atoms with Crippen molar-refractivity contribution in [2.75, 3.05) is 11.6 Å². The summed E-state index contributed by atoms with van der Waals surface area (Å²) < 4.78 is 0. The van der Waals surface area contributed by atoms with Crippen LogP contribution in [0.25, 0.3) is 0 Å². The van der Waals surface area contributed by atoms with E-state index in [0.717, 1.165) is 5.69 Å². The van der Waals surface area contributed by atoms with Crippen LogP contribution in [-0.2, 0) is 0 Å². The van der Waals surface area contributed by atoms with Crippen molar-refractivity contribution in [2.45, 2.75) is 17.2 Å². The molecule has 0 aliphatic carbocycles. The highest BCUT2D eigenvalue weighted by molar-refractivity contribution is 8.00. The summed E-state index contributed by atoms with van der Waals surface area (Å²) in [7, 11) is 0. The molecule has 0 bridgehead atoms. The third-order valence-corrected chi connectivity index (χ3v) is 3.26. The van der Waals surface area contributed by atoms with Crippen LogP contribution in [0.1, 0.15) is 6.92 Å². The number of aliphatic hydroxyl groups is 1. The standard InChI is InChI=1S/C9H11NOS/c1-7-10(6-11)8-4-2-3-5-9(8)12-7/h2-5,7,11H,6H2,1H3. The molecule has 1 aromatic carbocycles. The molecule has 0 aromatic heterocycles. The number of anilines is 1. The zero-order valence-corrected chi connectivity index (χ0v) is 7.71. The second kappa shape index (κ2) is 2.99. The lowest BCUT2D eigenvalue weighted by molar-refractivity contribution is 0.290. The number of hydrogen-bond donors (Lipinski definition) is 1. The minimum atomic E-state index is 0.102. The van der Waals surface area contributed by atoms with Crippen molar-refractivity contribution in [3.63, 3.8) is 0 Å². The maximum absolute atomic E-state index is 9.10. The molecule has 0 saturated heterocycles. The fourth-order valence-corrected chi connectivity index (χ4v) is 2.57. The van der Waals surface area contributed by atoms with Crippen molar-refractivity contribution in [1.29, 1.82) is 0 Å². The number of hydrogen-bond acceptors (Lipinski definition) is 3. The number of thioether (sulfide) groups is 1. The Kier molecular flexibility index (Phi) is 1.98. The van der Waals surface area contributed by atoms with Crippen LogP contribution < -0.4 is 4.90 Å². The monoisotopic (exact) mass is 181 g/mol. The number of rotatable bonds is 1. The van der Waals surface area contributed by atoms with Gasteiger partial charge in [0.25, 0.3) is 0 Å². The molecule has 1 aromatic rings. The van der Waals surface area contributed by atoms with E-state index in [4.69, 9.17) is 5.11 Å². The van der Waals surface area contributed by atoms with Crippen LogP contribution >= 0.6 is 11.8 Å². The highest BCUT2D eigenvalue weighted by Gasteiger charge is 2.24. The van der Waals surface area contributed by atoms with E-state index in [-0.39, 0.29) is 6.73 Å². The second-order valence-corrected chi connectivity index (χ2v) is 4.15. The van der Waals surface area contributed by atoms with Gasteiger partial charge in [-0.05, 0) is 19.1 Å². The van der Waals surface area contributed by atoms with Gasteiger partial charge in [-0.3, -0.25) is 0 Å². The number of aliphatic hydroxyl groups excluding tert-OH is 1. The van der Waals surface area contributed by atoms with Gasteiger partial charge in [0.15, 0.2) is 0 Å². The van der Waals surface area contributed by atoms with Crippen molar-refractivity contribution >= 4 is 17.4 Å². The van der Waals surface area contributed by atoms with Crippen LogP contribution in [-0.4, -0.2) is 17.2 Å². The molecule has 0 amide bonds. The number of benzene rings is 1. The number of para-hydroxylation sites is 1. The normalized spacial score (nSPS) is 21.2. The Labute approximate surface area is 76.2 Å². The lowest BCUT2D eigenvalue weighted by atomic mass is 10.3. The summed E-state index contributed by atoms with van der Waals surface area (Å²) in [6, 6.07) is 8.16. The Bertz CT molecular complexity index is 290. The second-order valence-electron chi connectivity index (χ2n) is 2.80. The smallest absolute Gasteiger partial charge is 0.116 e. The summed E-state index contributed by atoms with van der Waals surface area (Å²) >= 11 is 1.79. The minimum Gasteiger partial charge on any atom is -0.376 e. The van der Waals surface area contributed by atoms with Gasteiger partial charge in [-0.2, -0.15) is 0 Å². The third kappa shape index (κ3) is 1.09. The predicted octanol–water partition coefficient (Wildman–Crippen LogP) is 1.89. The number of nitrogens with zero attached hydrogens (tertiary/aromatic N) is 1. The SMILES string of the molecule is CC1Sc2ccccc2N1CO. The Morgan fingerprint density at radius 1 is 1.50 bits per heavy atom. The fourth-order valence-electron chi connectivity index (χ4n) is 1.43. The fraction of sp³-hybridized carbons (Fsp3) is 0.333. The van der Waals surface area contributed by atoms with Gasteiger partial charge in [0, 0.05) is 4.90 Å². The maximum atomic E-state index is 9.10. The lowest BCUT2D eigenvalue weighted by Crippen LogP contribution is -2.27. The molecule has 3 heteroatoms. The van der Waals surface area contributed by atoms with E-state index < -0.39 is 0 Å². The van der Waals surface area contributed by atoms with E-state index in [0.29, 0.717) is 5.37 Å². The molecule has 12 heavy (non-hydrogen) atoms. The molecule has 1 N–H and O–H groups in total. The van der Waals surface area contributed by atoms with Gasteiger partial charge < -0.3 is 10.0 Å². The van der Waals surface area contributed by atoms with Gasteiger partial charge in [0.1, 0.15) is 6.73 Å². The first-order valence-electron chi connectivity index (χ1n) is 3.96. The quantitative estimate of drug-likeness (QED) is 0.715. The van der Waals surface area contributed by atoms with E-state index >= 15 is 0 Å². The summed E-state index contributed by atoms with van der Waals surface area (Å²) in [5, 5.41) is 9.45. The molecule has 1 heterocycles. The van der Waals surface area contributed by atoms with Gasteiger partial charge in [-0.25, -0.2) is 0 Å². The van der Waals surface area contributed by atoms with Crippen LogP contribution in [0.2, 0.25) is 0 Å². The topological polar surface area (TPSA) is 23.5 Å². The highest BCUT2D eigenvalue weighted by Crippen LogP contribution is 2.42. The van der Waals surface area contributed by atoms with Gasteiger partial charge in [-0.1, -0.05) is 23.9 Å². The molecule has 0 fully saturated rings. The molecule has 2 rings (SSSR count). The van der Waals surface area contributed by atoms with Crippen molar-refractivity contribution < 1.29 is 5.11 Å². The highest BCUT2D eigenvalue weighted by atomic mass is 32.2. The maximum Gasteiger partial charge on any atom is 0.116 e. The Morgan fingerprint density at radius 2 is 2.25 bits per heavy atom. The van der Waals surface area contributed by atoms with Crippen LogP contribution in [0.15, 0.2) is 29.2 Å². The van der Waals surface area contributed by atoms with Crippen molar-refractivity contribution in [2.24, 2.45) is 0 Å². The van der Waals surface area contributed by atoms with E-state index in [1.807, 2.05) is 23.1 Å². The Morgan fingerprint density at radius 3 is 3.00 bits per heavy atom. The molecule has 64 valence electrons. The molecular formula is C9H11NOS. The molecule has 1 atom stereocenters. The van der Waals surface area contributed by atoms with E-state index in [2.05, 4.69) is 13.0 Å². The van der Waals surface area contributed by atoms with Crippen molar-refractivity contribution in [3.05, 3.63) is 24.3 Å². The first-order valence-corrected chi connectivity index (χ1v) is 4.84. The molecule has 1 aliphatic heterocycles. The molecule has 0 saturated carbocycles. The number of fused-ring (bicyclic) bond motifs is 1.